The Labute approximate surface area is 185 Å². The van der Waals surface area contributed by atoms with E-state index in [2.05, 4.69) is 11.9 Å². The second kappa shape index (κ2) is 15.3. The average Bonchev–Trinajstić information content (AvgIpc) is 2.94. The van der Waals surface area contributed by atoms with E-state index in [-0.39, 0.29) is 47.0 Å². The number of carboxylic acid groups (broad SMARTS) is 2. The summed E-state index contributed by atoms with van der Waals surface area (Å²) in [4.78, 5) is 26.3. The maximum absolute atomic E-state index is 11.2. The number of hydrogen-bond donors (Lipinski definition) is 1. The number of amidine groups is 1. The summed E-state index contributed by atoms with van der Waals surface area (Å²) in [6, 6.07) is 0. The summed E-state index contributed by atoms with van der Waals surface area (Å²) >= 11 is 0. The van der Waals surface area contributed by atoms with Crippen LogP contribution in [0, 0.1) is 0 Å². The average molecular weight is 389 g/mol. The minimum atomic E-state index is -1.13. The number of carbonyl (C=O) groups is 2. The van der Waals surface area contributed by atoms with Crippen molar-refractivity contribution in [2.24, 2.45) is 4.99 Å². The monoisotopic (exact) mass is 389 g/mol. The standard InChI is InChI=1S/C20H34N2O4.Na/c1-2-3-4-5-6-7-8-9-10-12-18-21-14-16-22(18,17-20(25)26)15-11-13-19(23)24;/h14,16H,2-13,15,17H2,1H3,(H-,23,24,25,26);/q;+1. The van der Waals surface area contributed by atoms with Crippen LogP contribution in [0.25, 0.3) is 0 Å². The van der Waals surface area contributed by atoms with Crippen molar-refractivity contribution >= 4 is 17.8 Å². The molecule has 148 valence electrons. The van der Waals surface area contributed by atoms with Crippen LogP contribution >= 0.6 is 0 Å². The fourth-order valence-electron chi connectivity index (χ4n) is 3.50. The van der Waals surface area contributed by atoms with E-state index in [4.69, 9.17) is 5.11 Å². The molecule has 0 aromatic heterocycles. The molecule has 1 aliphatic rings. The van der Waals surface area contributed by atoms with Gasteiger partial charge in [0.15, 0.2) is 0 Å². The first kappa shape index (κ1) is 26.3. The van der Waals surface area contributed by atoms with Crippen LogP contribution in [0.2, 0.25) is 0 Å². The number of rotatable bonds is 16. The van der Waals surface area contributed by atoms with Crippen molar-refractivity contribution in [1.29, 1.82) is 0 Å². The van der Waals surface area contributed by atoms with Crippen molar-refractivity contribution in [3.05, 3.63) is 12.4 Å². The third kappa shape index (κ3) is 11.0. The van der Waals surface area contributed by atoms with Gasteiger partial charge in [-0.1, -0.05) is 58.3 Å². The zero-order chi connectivity index (χ0) is 19.3. The minimum absolute atomic E-state index is 0. The molecule has 0 aliphatic carbocycles. The first-order valence-corrected chi connectivity index (χ1v) is 10.0. The zero-order valence-electron chi connectivity index (χ0n) is 17.1. The van der Waals surface area contributed by atoms with Gasteiger partial charge in [-0.05, 0) is 6.42 Å². The number of aliphatic imine (C=N–C) groups is 1. The van der Waals surface area contributed by atoms with Gasteiger partial charge in [0.05, 0.1) is 25.1 Å². The summed E-state index contributed by atoms with van der Waals surface area (Å²) < 4.78 is 0.118. The summed E-state index contributed by atoms with van der Waals surface area (Å²) in [6.07, 6.45) is 15.7. The van der Waals surface area contributed by atoms with E-state index in [9.17, 15) is 14.7 Å². The van der Waals surface area contributed by atoms with E-state index in [0.717, 1.165) is 25.1 Å². The number of quaternary nitrogens is 1. The maximum Gasteiger partial charge on any atom is 1.00 e. The SMILES string of the molecule is CCCCCCCCCCCC1=NC=C[N+]1(CCCC(=O)O)CC(=O)[O-].[Na+]. The normalized spacial score (nSPS) is 18.2. The quantitative estimate of drug-likeness (QED) is 0.232. The molecule has 0 aromatic carbocycles. The first-order valence-electron chi connectivity index (χ1n) is 10.0. The van der Waals surface area contributed by atoms with Gasteiger partial charge in [0, 0.05) is 12.8 Å². The second-order valence-corrected chi connectivity index (χ2v) is 7.21. The number of carboxylic acids is 2. The fraction of sp³-hybridized carbons (Fsp3) is 0.750. The predicted molar refractivity (Wildman–Crippen MR) is 100 cm³/mol. The number of unbranched alkanes of at least 4 members (excludes halogenated alkanes) is 8. The van der Waals surface area contributed by atoms with Crippen LogP contribution in [0.5, 0.6) is 0 Å². The Morgan fingerprint density at radius 2 is 1.63 bits per heavy atom. The molecule has 27 heavy (non-hydrogen) atoms. The van der Waals surface area contributed by atoms with Crippen molar-refractivity contribution < 1.29 is 53.8 Å². The van der Waals surface area contributed by atoms with Crippen molar-refractivity contribution in [3.8, 4) is 0 Å². The molecule has 0 fully saturated rings. The molecule has 0 bridgehead atoms. The Hall–Kier alpha value is -0.690. The smallest absolute Gasteiger partial charge is 0.544 e. The van der Waals surface area contributed by atoms with Crippen LogP contribution in [0.15, 0.2) is 17.4 Å². The number of hydrogen-bond acceptors (Lipinski definition) is 4. The van der Waals surface area contributed by atoms with Gasteiger partial charge in [-0.3, -0.25) is 4.79 Å². The van der Waals surface area contributed by atoms with Gasteiger partial charge in [0.1, 0.15) is 12.7 Å². The molecule has 0 spiro atoms. The molecule has 6 nitrogen and oxygen atoms in total. The number of aliphatic carboxylic acids is 2. The van der Waals surface area contributed by atoms with Crippen LogP contribution in [0.4, 0.5) is 0 Å². The molecule has 7 heteroatoms. The van der Waals surface area contributed by atoms with E-state index < -0.39 is 11.9 Å². The van der Waals surface area contributed by atoms with Gasteiger partial charge in [0.25, 0.3) is 0 Å². The Morgan fingerprint density at radius 3 is 2.19 bits per heavy atom. The molecule has 0 aromatic rings. The molecule has 1 unspecified atom stereocenters. The molecule has 1 N–H and O–H groups in total. The third-order valence-corrected chi connectivity index (χ3v) is 4.95. The van der Waals surface area contributed by atoms with Crippen LogP contribution < -0.4 is 34.7 Å². The molecule has 0 amide bonds. The van der Waals surface area contributed by atoms with Gasteiger partial charge in [-0.15, -0.1) is 0 Å². The van der Waals surface area contributed by atoms with Gasteiger partial charge < -0.3 is 15.0 Å². The van der Waals surface area contributed by atoms with Crippen LogP contribution in [0.1, 0.15) is 84.0 Å². The van der Waals surface area contributed by atoms with Crippen LogP contribution in [-0.4, -0.2) is 40.5 Å². The van der Waals surface area contributed by atoms with Gasteiger partial charge in [-0.2, -0.15) is 0 Å². The molecule has 1 atom stereocenters. The van der Waals surface area contributed by atoms with E-state index in [1.54, 1.807) is 12.4 Å². The third-order valence-electron chi connectivity index (χ3n) is 4.95. The fourth-order valence-corrected chi connectivity index (χ4v) is 3.50. The summed E-state index contributed by atoms with van der Waals surface area (Å²) in [6.45, 7) is 2.49. The second-order valence-electron chi connectivity index (χ2n) is 7.21. The Balaban J connectivity index is 0.00000676. The summed E-state index contributed by atoms with van der Waals surface area (Å²) in [7, 11) is 0. The van der Waals surface area contributed by atoms with Crippen molar-refractivity contribution in [1.82, 2.24) is 0 Å². The van der Waals surface area contributed by atoms with Gasteiger partial charge in [0.2, 0.25) is 5.84 Å². The Morgan fingerprint density at radius 1 is 1.04 bits per heavy atom. The minimum Gasteiger partial charge on any atom is -0.544 e. The van der Waals surface area contributed by atoms with Crippen molar-refractivity contribution in [2.45, 2.75) is 84.0 Å². The molecular formula is C20H34N2NaO4+. The molecule has 1 rings (SSSR count). The molecular weight excluding hydrogens is 355 g/mol. The summed E-state index contributed by atoms with van der Waals surface area (Å²) in [5.41, 5.74) is 0. The summed E-state index contributed by atoms with van der Waals surface area (Å²) in [5.74, 6) is -1.17. The van der Waals surface area contributed by atoms with Crippen molar-refractivity contribution in [3.63, 3.8) is 0 Å². The molecule has 1 heterocycles. The summed E-state index contributed by atoms with van der Waals surface area (Å²) in [5, 5.41) is 20.0. The topological polar surface area (TPSA) is 89.8 Å². The molecule has 0 saturated heterocycles. The first-order chi connectivity index (χ1) is 12.5. The predicted octanol–water partition coefficient (Wildman–Crippen LogP) is 0.226. The Bertz CT molecular complexity index is 508. The molecule has 1 aliphatic heterocycles. The molecule has 0 radical (unpaired) electrons. The maximum atomic E-state index is 11.2. The van der Waals surface area contributed by atoms with E-state index in [1.165, 1.54) is 44.9 Å². The van der Waals surface area contributed by atoms with Gasteiger partial charge >= 0.3 is 35.5 Å². The Kier molecular flexibility index (Phi) is 14.9. The van der Waals surface area contributed by atoms with Crippen LogP contribution in [-0.2, 0) is 9.59 Å². The van der Waals surface area contributed by atoms with Gasteiger partial charge in [-0.25, -0.2) is 9.48 Å². The number of nitrogens with zero attached hydrogens (tertiary/aromatic N) is 2. The van der Waals surface area contributed by atoms with E-state index in [0.29, 0.717) is 13.0 Å². The zero-order valence-corrected chi connectivity index (χ0v) is 19.1. The van der Waals surface area contributed by atoms with E-state index >= 15 is 0 Å². The molecule has 0 saturated carbocycles. The van der Waals surface area contributed by atoms with E-state index in [1.807, 2.05) is 0 Å². The van der Waals surface area contributed by atoms with Crippen molar-refractivity contribution in [2.75, 3.05) is 13.1 Å². The van der Waals surface area contributed by atoms with Crippen LogP contribution in [0.3, 0.4) is 0 Å². The number of carbonyl (C=O) groups excluding carboxylic acids is 1. The largest absolute Gasteiger partial charge is 1.00 e.